The van der Waals surface area contributed by atoms with Crippen LogP contribution >= 0.6 is 27.5 Å². The zero-order chi connectivity index (χ0) is 12.4. The van der Waals surface area contributed by atoms with E-state index in [1.54, 1.807) is 6.07 Å². The summed E-state index contributed by atoms with van der Waals surface area (Å²) in [6.07, 6.45) is 0. The van der Waals surface area contributed by atoms with Crippen LogP contribution in [-0.4, -0.2) is 0 Å². The molecule has 0 aliphatic heterocycles. The van der Waals surface area contributed by atoms with Gasteiger partial charge in [0, 0.05) is 4.47 Å². The summed E-state index contributed by atoms with van der Waals surface area (Å²) >= 11 is 8.71. The number of ether oxygens (including phenoxy) is 1. The Balaban J connectivity index is 2.35. The fourth-order valence-corrected chi connectivity index (χ4v) is 1.74. The lowest BCUT2D eigenvalue weighted by Gasteiger charge is -2.08. The number of hydrogen-bond donors (Lipinski definition) is 0. The maximum Gasteiger partial charge on any atom is 0.184 e. The Morgan fingerprint density at radius 1 is 1.06 bits per heavy atom. The van der Waals surface area contributed by atoms with Gasteiger partial charge in [0.2, 0.25) is 0 Å². The smallest absolute Gasteiger partial charge is 0.184 e. The topological polar surface area (TPSA) is 9.23 Å². The van der Waals surface area contributed by atoms with Crippen LogP contribution in [0.1, 0.15) is 0 Å². The SMILES string of the molecule is Fc1cc(Br)ccc1Oc1cccc(Cl)c1F. The zero-order valence-electron chi connectivity index (χ0n) is 8.38. The minimum absolute atomic E-state index is 0.0608. The van der Waals surface area contributed by atoms with E-state index >= 15 is 0 Å². The molecule has 88 valence electrons. The van der Waals surface area contributed by atoms with Gasteiger partial charge in [0.1, 0.15) is 0 Å². The molecular formula is C12H6BrClF2O. The van der Waals surface area contributed by atoms with Gasteiger partial charge in [-0.25, -0.2) is 8.78 Å². The fraction of sp³-hybridized carbons (Fsp3) is 0. The Hall–Kier alpha value is -1.13. The van der Waals surface area contributed by atoms with E-state index in [0.29, 0.717) is 4.47 Å². The Morgan fingerprint density at radius 2 is 1.82 bits per heavy atom. The lowest BCUT2D eigenvalue weighted by Crippen LogP contribution is -1.91. The van der Waals surface area contributed by atoms with Crippen LogP contribution in [0.15, 0.2) is 40.9 Å². The summed E-state index contributed by atoms with van der Waals surface area (Å²) in [4.78, 5) is 0. The van der Waals surface area contributed by atoms with Crippen molar-refractivity contribution in [2.24, 2.45) is 0 Å². The van der Waals surface area contributed by atoms with Crippen molar-refractivity contribution in [3.63, 3.8) is 0 Å². The van der Waals surface area contributed by atoms with Gasteiger partial charge in [0.25, 0.3) is 0 Å². The van der Waals surface area contributed by atoms with E-state index in [9.17, 15) is 8.78 Å². The fourth-order valence-electron chi connectivity index (χ4n) is 1.24. The highest BCUT2D eigenvalue weighted by Gasteiger charge is 2.11. The standard InChI is InChI=1S/C12H6BrClF2O/c13-7-4-5-10(9(15)6-7)17-11-3-1-2-8(14)12(11)16/h1-6H. The van der Waals surface area contributed by atoms with Gasteiger partial charge in [0.05, 0.1) is 5.02 Å². The second-order valence-corrected chi connectivity index (χ2v) is 4.55. The molecule has 0 radical (unpaired) electrons. The molecule has 0 aliphatic carbocycles. The van der Waals surface area contributed by atoms with Crippen LogP contribution in [-0.2, 0) is 0 Å². The third kappa shape index (κ3) is 2.76. The van der Waals surface area contributed by atoms with Crippen molar-refractivity contribution in [1.29, 1.82) is 0 Å². The molecule has 0 spiro atoms. The first-order valence-electron chi connectivity index (χ1n) is 4.65. The number of rotatable bonds is 2. The Labute approximate surface area is 110 Å². The summed E-state index contributed by atoms with van der Waals surface area (Å²) in [5.74, 6) is -1.47. The second kappa shape index (κ2) is 5.02. The molecule has 0 atom stereocenters. The first kappa shape index (κ1) is 12.3. The monoisotopic (exact) mass is 318 g/mol. The summed E-state index contributed by atoms with van der Waals surface area (Å²) in [6, 6.07) is 8.53. The molecule has 0 unspecified atom stereocenters. The largest absolute Gasteiger partial charge is 0.451 e. The van der Waals surface area contributed by atoms with Gasteiger partial charge in [0.15, 0.2) is 23.1 Å². The second-order valence-electron chi connectivity index (χ2n) is 3.23. The van der Waals surface area contributed by atoms with Gasteiger partial charge >= 0.3 is 0 Å². The molecule has 17 heavy (non-hydrogen) atoms. The zero-order valence-corrected chi connectivity index (χ0v) is 10.7. The van der Waals surface area contributed by atoms with Crippen LogP contribution in [0.4, 0.5) is 8.78 Å². The molecule has 0 saturated carbocycles. The Kier molecular flexibility index (Phi) is 3.64. The maximum atomic E-state index is 13.5. The summed E-state index contributed by atoms with van der Waals surface area (Å²) in [7, 11) is 0. The van der Waals surface area contributed by atoms with Gasteiger partial charge in [-0.05, 0) is 30.3 Å². The number of hydrogen-bond acceptors (Lipinski definition) is 1. The van der Waals surface area contributed by atoms with Crippen LogP contribution in [0.25, 0.3) is 0 Å². The average molecular weight is 320 g/mol. The normalized spacial score (nSPS) is 10.4. The van der Waals surface area contributed by atoms with Gasteiger partial charge in [-0.1, -0.05) is 33.6 Å². The van der Waals surface area contributed by atoms with Crippen LogP contribution < -0.4 is 4.74 Å². The summed E-state index contributed by atoms with van der Waals surface area (Å²) < 4.78 is 32.7. The third-order valence-corrected chi connectivity index (χ3v) is 2.82. The molecule has 0 aliphatic rings. The maximum absolute atomic E-state index is 13.5. The molecule has 2 aromatic carbocycles. The van der Waals surface area contributed by atoms with E-state index in [1.807, 2.05) is 0 Å². The Morgan fingerprint density at radius 3 is 2.53 bits per heavy atom. The highest BCUT2D eigenvalue weighted by atomic mass is 79.9. The molecule has 2 aromatic rings. The van der Waals surface area contributed by atoms with Crippen LogP contribution in [0.3, 0.4) is 0 Å². The quantitative estimate of drug-likeness (QED) is 0.741. The van der Waals surface area contributed by atoms with Crippen LogP contribution in [0.2, 0.25) is 5.02 Å². The predicted molar refractivity (Wildman–Crippen MR) is 65.6 cm³/mol. The molecular weight excluding hydrogens is 313 g/mol. The van der Waals surface area contributed by atoms with E-state index in [1.165, 1.54) is 30.3 Å². The molecule has 1 nitrogen and oxygen atoms in total. The molecule has 0 heterocycles. The van der Waals surface area contributed by atoms with E-state index in [2.05, 4.69) is 15.9 Å². The first-order chi connectivity index (χ1) is 8.08. The number of benzene rings is 2. The molecule has 0 amide bonds. The summed E-state index contributed by atoms with van der Waals surface area (Å²) in [5.41, 5.74) is 0. The summed E-state index contributed by atoms with van der Waals surface area (Å²) in [6.45, 7) is 0. The van der Waals surface area contributed by atoms with E-state index < -0.39 is 11.6 Å². The van der Waals surface area contributed by atoms with E-state index in [0.717, 1.165) is 0 Å². The Bertz CT molecular complexity index is 560. The minimum Gasteiger partial charge on any atom is -0.451 e. The molecule has 0 aromatic heterocycles. The molecule has 2 rings (SSSR count). The number of halogens is 4. The van der Waals surface area contributed by atoms with Crippen molar-refractivity contribution < 1.29 is 13.5 Å². The molecule has 0 bridgehead atoms. The molecule has 0 fully saturated rings. The minimum atomic E-state index is -0.712. The summed E-state index contributed by atoms with van der Waals surface area (Å²) in [5, 5.41) is -0.0694. The van der Waals surface area contributed by atoms with E-state index in [4.69, 9.17) is 16.3 Å². The average Bonchev–Trinajstić information content (AvgIpc) is 2.28. The van der Waals surface area contributed by atoms with Crippen molar-refractivity contribution in [1.82, 2.24) is 0 Å². The van der Waals surface area contributed by atoms with Crippen molar-refractivity contribution in [3.05, 3.63) is 57.5 Å². The van der Waals surface area contributed by atoms with Gasteiger partial charge in [-0.2, -0.15) is 0 Å². The lowest BCUT2D eigenvalue weighted by atomic mass is 10.3. The first-order valence-corrected chi connectivity index (χ1v) is 5.82. The highest BCUT2D eigenvalue weighted by Crippen LogP contribution is 2.31. The van der Waals surface area contributed by atoms with Gasteiger partial charge < -0.3 is 4.74 Å². The highest BCUT2D eigenvalue weighted by molar-refractivity contribution is 9.10. The van der Waals surface area contributed by atoms with Gasteiger partial charge in [-0.3, -0.25) is 0 Å². The van der Waals surface area contributed by atoms with E-state index in [-0.39, 0.29) is 16.5 Å². The molecule has 0 N–H and O–H groups in total. The van der Waals surface area contributed by atoms with Crippen LogP contribution in [0, 0.1) is 11.6 Å². The predicted octanol–water partition coefficient (Wildman–Crippen LogP) is 5.17. The van der Waals surface area contributed by atoms with Crippen molar-refractivity contribution in [3.8, 4) is 11.5 Å². The molecule has 0 saturated heterocycles. The van der Waals surface area contributed by atoms with Crippen molar-refractivity contribution in [2.75, 3.05) is 0 Å². The lowest BCUT2D eigenvalue weighted by molar-refractivity contribution is 0.414. The third-order valence-electron chi connectivity index (χ3n) is 2.03. The molecule has 5 heteroatoms. The van der Waals surface area contributed by atoms with Gasteiger partial charge in [-0.15, -0.1) is 0 Å². The van der Waals surface area contributed by atoms with Crippen LogP contribution in [0.5, 0.6) is 11.5 Å². The van der Waals surface area contributed by atoms with Crippen molar-refractivity contribution in [2.45, 2.75) is 0 Å². The van der Waals surface area contributed by atoms with Crippen molar-refractivity contribution >= 4 is 27.5 Å².